The summed E-state index contributed by atoms with van der Waals surface area (Å²) in [5, 5.41) is 0. The van der Waals surface area contributed by atoms with Crippen molar-refractivity contribution >= 4 is 5.91 Å². The van der Waals surface area contributed by atoms with Crippen LogP contribution in [-0.2, 0) is 11.2 Å². The maximum absolute atomic E-state index is 12.2. The van der Waals surface area contributed by atoms with Crippen molar-refractivity contribution in [2.45, 2.75) is 19.3 Å². The normalized spacial score (nSPS) is 15.3. The topological polar surface area (TPSA) is 32.8 Å². The second-order valence-electron chi connectivity index (χ2n) is 5.39. The Bertz CT molecular complexity index is 442. The summed E-state index contributed by atoms with van der Waals surface area (Å²) in [5.74, 6) is 0.965. The van der Waals surface area contributed by atoms with Crippen LogP contribution < -0.4 is 4.74 Å². The summed E-state index contributed by atoms with van der Waals surface area (Å²) in [4.78, 5) is 16.4. The summed E-state index contributed by atoms with van der Waals surface area (Å²) < 4.78 is 5.18. The molecular weight excluding hydrogens is 252 g/mol. The van der Waals surface area contributed by atoms with E-state index in [0.717, 1.165) is 24.4 Å². The van der Waals surface area contributed by atoms with Gasteiger partial charge in [0.2, 0.25) is 5.91 Å². The van der Waals surface area contributed by atoms with E-state index in [9.17, 15) is 4.79 Å². The molecule has 1 aliphatic heterocycles. The van der Waals surface area contributed by atoms with Gasteiger partial charge in [0.15, 0.2) is 0 Å². The minimum Gasteiger partial charge on any atom is -0.497 e. The lowest BCUT2D eigenvalue weighted by Crippen LogP contribution is -2.35. The molecule has 1 heterocycles. The maximum atomic E-state index is 12.2. The van der Waals surface area contributed by atoms with Crippen molar-refractivity contribution in [2.24, 2.45) is 0 Å². The average molecular weight is 276 g/mol. The number of hydrogen-bond acceptors (Lipinski definition) is 3. The Kier molecular flexibility index (Phi) is 5.41. The number of amides is 1. The molecule has 1 aliphatic rings. The summed E-state index contributed by atoms with van der Waals surface area (Å²) in [7, 11) is 3.53. The summed E-state index contributed by atoms with van der Waals surface area (Å²) in [6.07, 6.45) is 3.02. The van der Waals surface area contributed by atoms with Gasteiger partial charge in [0, 0.05) is 20.1 Å². The van der Waals surface area contributed by atoms with Crippen molar-refractivity contribution in [3.8, 4) is 5.75 Å². The molecule has 1 fully saturated rings. The van der Waals surface area contributed by atoms with E-state index in [-0.39, 0.29) is 5.91 Å². The van der Waals surface area contributed by atoms with Gasteiger partial charge in [-0.3, -0.25) is 4.79 Å². The summed E-state index contributed by atoms with van der Waals surface area (Å²) in [6.45, 7) is 4.15. The highest BCUT2D eigenvalue weighted by atomic mass is 16.5. The molecule has 1 aromatic carbocycles. The van der Waals surface area contributed by atoms with Crippen LogP contribution in [0.2, 0.25) is 0 Å². The SMILES string of the molecule is COc1cccc(CC(=O)N(C)CCN2CCCC2)c1. The van der Waals surface area contributed by atoms with E-state index >= 15 is 0 Å². The first-order chi connectivity index (χ1) is 9.69. The van der Waals surface area contributed by atoms with Crippen molar-refractivity contribution in [3.05, 3.63) is 29.8 Å². The smallest absolute Gasteiger partial charge is 0.226 e. The van der Waals surface area contributed by atoms with Crippen LogP contribution in [0.15, 0.2) is 24.3 Å². The fourth-order valence-electron chi connectivity index (χ4n) is 2.51. The average Bonchev–Trinajstić information content (AvgIpc) is 2.98. The highest BCUT2D eigenvalue weighted by molar-refractivity contribution is 5.78. The van der Waals surface area contributed by atoms with Crippen LogP contribution >= 0.6 is 0 Å². The Morgan fingerprint density at radius 1 is 1.35 bits per heavy atom. The summed E-state index contributed by atoms with van der Waals surface area (Å²) in [6, 6.07) is 7.71. The first-order valence-electron chi connectivity index (χ1n) is 7.28. The molecule has 4 heteroatoms. The monoisotopic (exact) mass is 276 g/mol. The van der Waals surface area contributed by atoms with Crippen molar-refractivity contribution in [1.29, 1.82) is 0 Å². The van der Waals surface area contributed by atoms with Gasteiger partial charge in [0.1, 0.15) is 5.75 Å². The van der Waals surface area contributed by atoms with E-state index in [2.05, 4.69) is 4.90 Å². The van der Waals surface area contributed by atoms with Gasteiger partial charge in [0.05, 0.1) is 13.5 Å². The number of rotatable bonds is 6. The molecule has 0 radical (unpaired) electrons. The Labute approximate surface area is 121 Å². The molecule has 1 aromatic rings. The molecule has 1 saturated heterocycles. The molecule has 20 heavy (non-hydrogen) atoms. The maximum Gasteiger partial charge on any atom is 0.226 e. The van der Waals surface area contributed by atoms with E-state index in [1.807, 2.05) is 36.2 Å². The molecule has 0 aliphatic carbocycles. The van der Waals surface area contributed by atoms with E-state index in [4.69, 9.17) is 4.74 Å². The number of likely N-dealkylation sites (N-methyl/N-ethyl adjacent to an activating group) is 1. The fraction of sp³-hybridized carbons (Fsp3) is 0.562. The Balaban J connectivity index is 1.80. The fourth-order valence-corrected chi connectivity index (χ4v) is 2.51. The third kappa shape index (κ3) is 4.23. The Hall–Kier alpha value is -1.55. The number of methoxy groups -OCH3 is 1. The molecule has 0 unspecified atom stereocenters. The van der Waals surface area contributed by atoms with E-state index < -0.39 is 0 Å². The quantitative estimate of drug-likeness (QED) is 0.794. The summed E-state index contributed by atoms with van der Waals surface area (Å²) in [5.41, 5.74) is 1.00. The van der Waals surface area contributed by atoms with Crippen molar-refractivity contribution < 1.29 is 9.53 Å². The molecular formula is C16H24N2O2. The highest BCUT2D eigenvalue weighted by Crippen LogP contribution is 2.13. The van der Waals surface area contributed by atoms with Crippen molar-refractivity contribution in [3.63, 3.8) is 0 Å². The second-order valence-corrected chi connectivity index (χ2v) is 5.39. The third-order valence-corrected chi connectivity index (χ3v) is 3.87. The first kappa shape index (κ1) is 14.9. The van der Waals surface area contributed by atoms with Gasteiger partial charge in [-0.25, -0.2) is 0 Å². The van der Waals surface area contributed by atoms with Gasteiger partial charge >= 0.3 is 0 Å². The van der Waals surface area contributed by atoms with Crippen LogP contribution in [0.5, 0.6) is 5.75 Å². The van der Waals surface area contributed by atoms with Crippen LogP contribution in [0.25, 0.3) is 0 Å². The number of nitrogens with zero attached hydrogens (tertiary/aromatic N) is 2. The molecule has 0 aromatic heterocycles. The second kappa shape index (κ2) is 7.29. The van der Waals surface area contributed by atoms with E-state index in [1.165, 1.54) is 25.9 Å². The molecule has 0 N–H and O–H groups in total. The molecule has 110 valence electrons. The number of ether oxygens (including phenoxy) is 1. The molecule has 0 spiro atoms. The molecule has 1 amide bonds. The van der Waals surface area contributed by atoms with Gasteiger partial charge in [0.25, 0.3) is 0 Å². The van der Waals surface area contributed by atoms with Crippen LogP contribution in [0.4, 0.5) is 0 Å². The zero-order valence-electron chi connectivity index (χ0n) is 12.5. The molecule has 0 atom stereocenters. The number of carbonyl (C=O) groups is 1. The lowest BCUT2D eigenvalue weighted by atomic mass is 10.1. The number of carbonyl (C=O) groups excluding carboxylic acids is 1. The van der Waals surface area contributed by atoms with Gasteiger partial charge in [-0.1, -0.05) is 12.1 Å². The molecule has 2 rings (SSSR count). The van der Waals surface area contributed by atoms with Gasteiger partial charge in [-0.15, -0.1) is 0 Å². The Morgan fingerprint density at radius 2 is 2.10 bits per heavy atom. The van der Waals surface area contributed by atoms with Crippen LogP contribution in [0.1, 0.15) is 18.4 Å². The predicted octanol–water partition coefficient (Wildman–Crippen LogP) is 1.79. The van der Waals surface area contributed by atoms with Gasteiger partial charge < -0.3 is 14.5 Å². The van der Waals surface area contributed by atoms with Crippen molar-refractivity contribution in [2.75, 3.05) is 40.3 Å². The Morgan fingerprint density at radius 3 is 2.80 bits per heavy atom. The lowest BCUT2D eigenvalue weighted by molar-refractivity contribution is -0.129. The zero-order chi connectivity index (χ0) is 14.4. The van der Waals surface area contributed by atoms with E-state index in [1.54, 1.807) is 7.11 Å². The minimum atomic E-state index is 0.164. The van der Waals surface area contributed by atoms with Gasteiger partial charge in [-0.05, 0) is 43.6 Å². The van der Waals surface area contributed by atoms with Crippen molar-refractivity contribution in [1.82, 2.24) is 9.80 Å². The van der Waals surface area contributed by atoms with Crippen LogP contribution in [-0.4, -0.2) is 56.0 Å². The standard InChI is InChI=1S/C16H24N2O2/c1-17(10-11-18-8-3-4-9-18)16(19)13-14-6-5-7-15(12-14)20-2/h5-7,12H,3-4,8-11,13H2,1-2H3. The molecule has 0 saturated carbocycles. The lowest BCUT2D eigenvalue weighted by Gasteiger charge is -2.21. The van der Waals surface area contributed by atoms with Gasteiger partial charge in [-0.2, -0.15) is 0 Å². The number of likely N-dealkylation sites (tertiary alicyclic amines) is 1. The minimum absolute atomic E-state index is 0.164. The van der Waals surface area contributed by atoms with Crippen LogP contribution in [0.3, 0.4) is 0 Å². The largest absolute Gasteiger partial charge is 0.497 e. The first-order valence-corrected chi connectivity index (χ1v) is 7.28. The third-order valence-electron chi connectivity index (χ3n) is 3.87. The summed E-state index contributed by atoms with van der Waals surface area (Å²) >= 11 is 0. The number of hydrogen-bond donors (Lipinski definition) is 0. The van der Waals surface area contributed by atoms with E-state index in [0.29, 0.717) is 6.42 Å². The number of benzene rings is 1. The predicted molar refractivity (Wildman–Crippen MR) is 80.0 cm³/mol. The molecule has 0 bridgehead atoms. The molecule has 4 nitrogen and oxygen atoms in total. The van der Waals surface area contributed by atoms with Crippen LogP contribution in [0, 0.1) is 0 Å². The highest BCUT2D eigenvalue weighted by Gasteiger charge is 2.14. The zero-order valence-corrected chi connectivity index (χ0v) is 12.5.